The summed E-state index contributed by atoms with van der Waals surface area (Å²) in [7, 11) is 1.60. The molecule has 8 nitrogen and oxygen atoms in total. The number of imidazole rings is 1. The van der Waals surface area contributed by atoms with Crippen LogP contribution in [0.2, 0.25) is 0 Å². The largest absolute Gasteiger partial charge is 0.496 e. The van der Waals surface area contributed by atoms with Gasteiger partial charge in [-0.1, -0.05) is 18.2 Å². The molecule has 0 bridgehead atoms. The summed E-state index contributed by atoms with van der Waals surface area (Å²) >= 11 is 0. The lowest BCUT2D eigenvalue weighted by Gasteiger charge is -2.32. The second kappa shape index (κ2) is 9.77. The third kappa shape index (κ3) is 5.00. The van der Waals surface area contributed by atoms with Crippen molar-refractivity contribution in [2.45, 2.75) is 32.2 Å². The van der Waals surface area contributed by atoms with E-state index in [-0.39, 0.29) is 23.5 Å². The van der Waals surface area contributed by atoms with Crippen LogP contribution in [0.3, 0.4) is 0 Å². The number of aromatic nitrogens is 2. The van der Waals surface area contributed by atoms with Crippen molar-refractivity contribution in [3.63, 3.8) is 0 Å². The highest BCUT2D eigenvalue weighted by Crippen LogP contribution is 2.20. The third-order valence-electron chi connectivity index (χ3n) is 6.07. The van der Waals surface area contributed by atoms with Crippen LogP contribution in [0.5, 0.6) is 5.75 Å². The van der Waals surface area contributed by atoms with Crippen molar-refractivity contribution in [1.29, 1.82) is 0 Å². The van der Waals surface area contributed by atoms with Crippen LogP contribution >= 0.6 is 0 Å². The first-order valence-electron chi connectivity index (χ1n) is 11.0. The topological polar surface area (TPSA) is 96.4 Å². The molecule has 2 N–H and O–H groups in total. The van der Waals surface area contributed by atoms with E-state index in [1.165, 1.54) is 0 Å². The Morgan fingerprint density at radius 1 is 1.09 bits per heavy atom. The van der Waals surface area contributed by atoms with E-state index in [4.69, 9.17) is 4.74 Å². The van der Waals surface area contributed by atoms with E-state index in [2.05, 4.69) is 10.3 Å². The van der Waals surface area contributed by atoms with E-state index in [1.54, 1.807) is 42.1 Å². The van der Waals surface area contributed by atoms with Gasteiger partial charge in [-0.25, -0.2) is 4.79 Å². The number of nitrogens with one attached hydrogen (secondary N) is 2. The summed E-state index contributed by atoms with van der Waals surface area (Å²) in [5.41, 5.74) is 2.70. The predicted octanol–water partition coefficient (Wildman–Crippen LogP) is 2.45. The first-order valence-corrected chi connectivity index (χ1v) is 11.0. The Balaban J connectivity index is 1.30. The Morgan fingerprint density at radius 3 is 2.42 bits per heavy atom. The molecule has 1 aromatic heterocycles. The van der Waals surface area contributed by atoms with Gasteiger partial charge in [0.2, 0.25) is 5.91 Å². The van der Waals surface area contributed by atoms with Crippen LogP contribution in [0, 0.1) is 6.92 Å². The minimum atomic E-state index is -0.211. The molecule has 1 fully saturated rings. The van der Waals surface area contributed by atoms with Crippen molar-refractivity contribution in [3.05, 3.63) is 82.0 Å². The Bertz CT molecular complexity index is 1190. The molecular weight excluding hydrogens is 420 g/mol. The van der Waals surface area contributed by atoms with Crippen LogP contribution in [0.25, 0.3) is 5.69 Å². The number of carbonyl (C=O) groups is 2. The highest BCUT2D eigenvalue weighted by atomic mass is 16.5. The lowest BCUT2D eigenvalue weighted by atomic mass is 10.0. The van der Waals surface area contributed by atoms with Crippen molar-refractivity contribution >= 4 is 11.8 Å². The van der Waals surface area contributed by atoms with Crippen molar-refractivity contribution in [2.24, 2.45) is 0 Å². The van der Waals surface area contributed by atoms with Gasteiger partial charge in [-0.15, -0.1) is 0 Å². The van der Waals surface area contributed by atoms with Gasteiger partial charge in [0.1, 0.15) is 5.75 Å². The van der Waals surface area contributed by atoms with E-state index in [0.29, 0.717) is 43.6 Å². The molecule has 172 valence electrons. The Morgan fingerprint density at radius 2 is 1.79 bits per heavy atom. The quantitative estimate of drug-likeness (QED) is 0.605. The number of methoxy groups -OCH3 is 1. The average molecular weight is 449 g/mol. The molecule has 1 saturated heterocycles. The van der Waals surface area contributed by atoms with E-state index in [0.717, 1.165) is 17.0 Å². The molecule has 2 heterocycles. The molecule has 0 aliphatic carbocycles. The minimum Gasteiger partial charge on any atom is -0.496 e. The first kappa shape index (κ1) is 22.4. The zero-order chi connectivity index (χ0) is 23.4. The molecule has 0 atom stereocenters. The van der Waals surface area contributed by atoms with Gasteiger partial charge in [-0.2, -0.15) is 0 Å². The first-order chi connectivity index (χ1) is 16.0. The predicted molar refractivity (Wildman–Crippen MR) is 125 cm³/mol. The maximum atomic E-state index is 12.7. The zero-order valence-corrected chi connectivity index (χ0v) is 18.8. The Labute approximate surface area is 192 Å². The molecule has 2 amide bonds. The zero-order valence-electron chi connectivity index (χ0n) is 18.8. The third-order valence-corrected chi connectivity index (χ3v) is 6.07. The number of amides is 2. The fraction of sp³-hybridized carbons (Fsp3) is 0.320. The molecule has 0 unspecified atom stereocenters. The molecule has 33 heavy (non-hydrogen) atoms. The van der Waals surface area contributed by atoms with Gasteiger partial charge in [0.05, 0.1) is 19.2 Å². The Hall–Kier alpha value is -3.81. The molecule has 0 radical (unpaired) electrons. The maximum Gasteiger partial charge on any atom is 0.330 e. The van der Waals surface area contributed by atoms with Gasteiger partial charge >= 0.3 is 5.69 Å². The average Bonchev–Trinajstić information content (AvgIpc) is 3.17. The molecule has 4 rings (SSSR count). The number of benzene rings is 2. The summed E-state index contributed by atoms with van der Waals surface area (Å²) in [4.78, 5) is 41.8. The number of rotatable bonds is 6. The number of carbonyl (C=O) groups excluding carboxylic acids is 2. The molecule has 8 heteroatoms. The molecule has 0 spiro atoms. The second-order valence-corrected chi connectivity index (χ2v) is 8.23. The number of ether oxygens (including phenoxy) is 1. The van der Waals surface area contributed by atoms with E-state index >= 15 is 0 Å². The number of para-hydroxylation sites is 1. The molecule has 1 aliphatic heterocycles. The monoisotopic (exact) mass is 448 g/mol. The van der Waals surface area contributed by atoms with Crippen LogP contribution in [-0.4, -0.2) is 52.5 Å². The lowest BCUT2D eigenvalue weighted by molar-refractivity contribution is -0.131. The second-order valence-electron chi connectivity index (χ2n) is 8.23. The molecule has 1 aliphatic rings. The van der Waals surface area contributed by atoms with Crippen LogP contribution in [0.4, 0.5) is 0 Å². The Kier molecular flexibility index (Phi) is 6.63. The van der Waals surface area contributed by atoms with Gasteiger partial charge in [0, 0.05) is 42.1 Å². The fourth-order valence-corrected chi connectivity index (χ4v) is 4.20. The van der Waals surface area contributed by atoms with E-state index in [1.807, 2.05) is 36.1 Å². The van der Waals surface area contributed by atoms with Crippen molar-refractivity contribution in [2.75, 3.05) is 20.2 Å². The number of aryl methyl sites for hydroxylation is 1. The highest BCUT2D eigenvalue weighted by Gasteiger charge is 2.24. The molecule has 2 aromatic carbocycles. The van der Waals surface area contributed by atoms with Crippen molar-refractivity contribution in [3.8, 4) is 11.4 Å². The van der Waals surface area contributed by atoms with E-state index < -0.39 is 0 Å². The summed E-state index contributed by atoms with van der Waals surface area (Å²) in [5, 5.41) is 3.07. The number of piperidine rings is 1. The number of hydrogen-bond acceptors (Lipinski definition) is 4. The highest BCUT2D eigenvalue weighted by molar-refractivity contribution is 5.94. The summed E-state index contributed by atoms with van der Waals surface area (Å²) in [6.45, 7) is 3.05. The number of hydrogen-bond donors (Lipinski definition) is 2. The van der Waals surface area contributed by atoms with Crippen LogP contribution < -0.4 is 15.7 Å². The molecular formula is C25H28N4O4. The minimum absolute atomic E-state index is 0.0158. The summed E-state index contributed by atoms with van der Waals surface area (Å²) in [5.74, 6) is 0.629. The number of nitrogens with zero attached hydrogens (tertiary/aromatic N) is 2. The van der Waals surface area contributed by atoms with Gasteiger partial charge in [0.15, 0.2) is 0 Å². The SMILES string of the molecule is COc1ccccc1CC(=O)N1CCC(NC(=O)c2ccc(-n3c(C)c[nH]c3=O)cc2)CC1. The van der Waals surface area contributed by atoms with Gasteiger partial charge in [-0.05, 0) is 50.1 Å². The summed E-state index contributed by atoms with van der Waals surface area (Å²) in [6.07, 6.45) is 3.37. The number of H-pyrrole nitrogens is 1. The lowest BCUT2D eigenvalue weighted by Crippen LogP contribution is -2.47. The van der Waals surface area contributed by atoms with Crippen LogP contribution in [-0.2, 0) is 11.2 Å². The number of aromatic amines is 1. The van der Waals surface area contributed by atoms with Crippen LogP contribution in [0.15, 0.2) is 59.5 Å². The van der Waals surface area contributed by atoms with Crippen molar-refractivity contribution < 1.29 is 14.3 Å². The van der Waals surface area contributed by atoms with Gasteiger partial charge in [-0.3, -0.25) is 14.2 Å². The molecule has 0 saturated carbocycles. The number of likely N-dealkylation sites (tertiary alicyclic amines) is 1. The van der Waals surface area contributed by atoms with E-state index in [9.17, 15) is 14.4 Å². The van der Waals surface area contributed by atoms with Gasteiger partial charge < -0.3 is 19.9 Å². The smallest absolute Gasteiger partial charge is 0.330 e. The molecule has 3 aromatic rings. The summed E-state index contributed by atoms with van der Waals surface area (Å²) < 4.78 is 6.89. The fourth-order valence-electron chi connectivity index (χ4n) is 4.20. The van der Waals surface area contributed by atoms with Crippen molar-refractivity contribution in [1.82, 2.24) is 19.8 Å². The normalized spacial score (nSPS) is 14.2. The maximum absolute atomic E-state index is 12.7. The summed E-state index contributed by atoms with van der Waals surface area (Å²) in [6, 6.07) is 14.5. The van der Waals surface area contributed by atoms with Crippen LogP contribution in [0.1, 0.15) is 34.5 Å². The standard InChI is InChI=1S/C25H28N4O4/c1-17-16-26-25(32)29(17)21-9-7-18(8-10-21)24(31)27-20-11-13-28(14-12-20)23(30)15-19-5-3-4-6-22(19)33-2/h3-10,16,20H,11-15H2,1-2H3,(H,26,32)(H,27,31). The van der Waals surface area contributed by atoms with Gasteiger partial charge in [0.25, 0.3) is 5.91 Å².